The maximum Gasteiger partial charge on any atom is 0.322 e. The van der Waals surface area contributed by atoms with E-state index in [0.29, 0.717) is 19.6 Å². The van der Waals surface area contributed by atoms with Crippen molar-refractivity contribution in [1.82, 2.24) is 0 Å². The molecule has 0 heterocycles. The fraction of sp³-hybridized carbons (Fsp3) is 0.909. The van der Waals surface area contributed by atoms with E-state index >= 15 is 0 Å². The zero-order valence-electron chi connectivity index (χ0n) is 9.71. The molecule has 4 N–H and O–H groups in total. The van der Waals surface area contributed by atoms with Gasteiger partial charge in [0.1, 0.15) is 6.04 Å². The summed E-state index contributed by atoms with van der Waals surface area (Å²) in [7, 11) is 0. The third-order valence-corrected chi connectivity index (χ3v) is 2.26. The second-order valence-electron chi connectivity index (χ2n) is 3.77. The molecule has 0 spiro atoms. The number of ether oxygens (including phenoxy) is 1. The predicted octanol–water partition coefficient (Wildman–Crippen LogP) is 1.18. The van der Waals surface area contributed by atoms with Gasteiger partial charge in [-0.25, -0.2) is 0 Å². The van der Waals surface area contributed by atoms with Crippen molar-refractivity contribution >= 4 is 5.97 Å². The molecule has 4 heteroatoms. The molecule has 0 aliphatic heterocycles. The van der Waals surface area contributed by atoms with Gasteiger partial charge in [-0.1, -0.05) is 26.2 Å². The average Bonchev–Trinajstić information content (AvgIpc) is 2.24. The van der Waals surface area contributed by atoms with Crippen molar-refractivity contribution in [2.24, 2.45) is 11.5 Å². The van der Waals surface area contributed by atoms with Crippen LogP contribution in [0, 0.1) is 0 Å². The van der Waals surface area contributed by atoms with Gasteiger partial charge < -0.3 is 16.2 Å². The van der Waals surface area contributed by atoms with E-state index in [9.17, 15) is 4.79 Å². The molecule has 4 nitrogen and oxygen atoms in total. The molecule has 0 aromatic rings. The topological polar surface area (TPSA) is 78.3 Å². The molecule has 90 valence electrons. The van der Waals surface area contributed by atoms with Gasteiger partial charge >= 0.3 is 5.97 Å². The van der Waals surface area contributed by atoms with Gasteiger partial charge in [0.15, 0.2) is 0 Å². The Hall–Kier alpha value is -0.610. The fourth-order valence-corrected chi connectivity index (χ4v) is 1.23. The molecule has 1 atom stereocenters. The molecule has 0 saturated heterocycles. The highest BCUT2D eigenvalue weighted by Gasteiger charge is 2.13. The van der Waals surface area contributed by atoms with Crippen LogP contribution in [0.1, 0.15) is 45.4 Å². The Balaban J connectivity index is 3.42. The van der Waals surface area contributed by atoms with E-state index in [1.54, 1.807) is 0 Å². The second-order valence-corrected chi connectivity index (χ2v) is 3.77. The van der Waals surface area contributed by atoms with Crippen LogP contribution in [0.5, 0.6) is 0 Å². The monoisotopic (exact) mass is 216 g/mol. The van der Waals surface area contributed by atoms with Gasteiger partial charge in [0, 0.05) is 0 Å². The minimum absolute atomic E-state index is 0.267. The van der Waals surface area contributed by atoms with Crippen LogP contribution in [0.3, 0.4) is 0 Å². The molecule has 0 rings (SSSR count). The van der Waals surface area contributed by atoms with E-state index in [-0.39, 0.29) is 5.97 Å². The molecule has 0 radical (unpaired) electrons. The molecule has 0 aliphatic carbocycles. The summed E-state index contributed by atoms with van der Waals surface area (Å²) < 4.78 is 5.01. The average molecular weight is 216 g/mol. The third-order valence-electron chi connectivity index (χ3n) is 2.26. The van der Waals surface area contributed by atoms with Crippen LogP contribution in [-0.2, 0) is 9.53 Å². The highest BCUT2D eigenvalue weighted by Crippen LogP contribution is 2.03. The Bertz CT molecular complexity index is 163. The van der Waals surface area contributed by atoms with Crippen molar-refractivity contribution < 1.29 is 9.53 Å². The van der Waals surface area contributed by atoms with Crippen LogP contribution < -0.4 is 11.5 Å². The maximum absolute atomic E-state index is 11.3. The molecule has 0 bridgehead atoms. The zero-order valence-corrected chi connectivity index (χ0v) is 9.71. The van der Waals surface area contributed by atoms with Crippen LogP contribution in [-0.4, -0.2) is 25.2 Å². The zero-order chi connectivity index (χ0) is 11.5. The summed E-state index contributed by atoms with van der Waals surface area (Å²) in [6.07, 6.45) is 5.61. The number of nitrogens with two attached hydrogens (primary N) is 2. The number of esters is 1. The molecule has 15 heavy (non-hydrogen) atoms. The first-order chi connectivity index (χ1) is 7.22. The minimum atomic E-state index is -0.459. The number of hydrogen-bond donors (Lipinski definition) is 2. The Morgan fingerprint density at radius 1 is 1.27 bits per heavy atom. The van der Waals surface area contributed by atoms with Crippen molar-refractivity contribution in [3.8, 4) is 0 Å². The lowest BCUT2D eigenvalue weighted by atomic mass is 10.1. The lowest BCUT2D eigenvalue weighted by Gasteiger charge is -2.10. The predicted molar refractivity (Wildman–Crippen MR) is 61.4 cm³/mol. The van der Waals surface area contributed by atoms with Crippen LogP contribution in [0.2, 0.25) is 0 Å². The molecule has 0 saturated carbocycles. The first kappa shape index (κ1) is 14.4. The largest absolute Gasteiger partial charge is 0.465 e. The van der Waals surface area contributed by atoms with E-state index in [1.807, 2.05) is 0 Å². The Morgan fingerprint density at radius 2 is 2.00 bits per heavy atom. The maximum atomic E-state index is 11.3. The lowest BCUT2D eigenvalue weighted by Crippen LogP contribution is -2.32. The van der Waals surface area contributed by atoms with Crippen LogP contribution >= 0.6 is 0 Å². The summed E-state index contributed by atoms with van der Waals surface area (Å²) >= 11 is 0. The molecular weight excluding hydrogens is 192 g/mol. The molecule has 0 aliphatic rings. The molecule has 1 unspecified atom stereocenters. The number of unbranched alkanes of at least 4 members (excludes halogenated alkanes) is 3. The SMILES string of the molecule is CCCCOC(=O)C(N)CCCCCN. The smallest absolute Gasteiger partial charge is 0.322 e. The number of rotatable bonds is 9. The lowest BCUT2D eigenvalue weighted by molar-refractivity contribution is -0.145. The van der Waals surface area contributed by atoms with Crippen molar-refractivity contribution in [3.63, 3.8) is 0 Å². The van der Waals surface area contributed by atoms with E-state index in [1.165, 1.54) is 0 Å². The number of carbonyl (C=O) groups is 1. The molecular formula is C11H24N2O2. The van der Waals surface area contributed by atoms with Crippen LogP contribution in [0.25, 0.3) is 0 Å². The van der Waals surface area contributed by atoms with Gasteiger partial charge in [-0.05, 0) is 25.8 Å². The first-order valence-electron chi connectivity index (χ1n) is 5.84. The molecule has 0 amide bonds. The summed E-state index contributed by atoms with van der Waals surface area (Å²) in [5.41, 5.74) is 11.0. The molecule has 0 aromatic heterocycles. The van der Waals surface area contributed by atoms with Crippen molar-refractivity contribution in [1.29, 1.82) is 0 Å². The third kappa shape index (κ3) is 8.39. The second kappa shape index (κ2) is 9.93. The van der Waals surface area contributed by atoms with Gasteiger partial charge in [0.25, 0.3) is 0 Å². The van der Waals surface area contributed by atoms with Crippen molar-refractivity contribution in [3.05, 3.63) is 0 Å². The summed E-state index contributed by atoms with van der Waals surface area (Å²) in [5, 5.41) is 0. The normalized spacial score (nSPS) is 12.5. The summed E-state index contributed by atoms with van der Waals surface area (Å²) in [5.74, 6) is -0.267. The number of carbonyl (C=O) groups excluding carboxylic acids is 1. The van der Waals surface area contributed by atoms with Crippen molar-refractivity contribution in [2.75, 3.05) is 13.2 Å². The Kier molecular flexibility index (Phi) is 9.52. The fourth-order valence-electron chi connectivity index (χ4n) is 1.23. The summed E-state index contributed by atoms with van der Waals surface area (Å²) in [6, 6.07) is -0.459. The van der Waals surface area contributed by atoms with Gasteiger partial charge in [0.05, 0.1) is 6.61 Å². The van der Waals surface area contributed by atoms with Crippen LogP contribution in [0.15, 0.2) is 0 Å². The molecule has 0 fully saturated rings. The molecule has 0 aromatic carbocycles. The van der Waals surface area contributed by atoms with E-state index in [2.05, 4.69) is 6.92 Å². The quantitative estimate of drug-likeness (QED) is 0.448. The van der Waals surface area contributed by atoms with E-state index in [4.69, 9.17) is 16.2 Å². The highest BCUT2D eigenvalue weighted by atomic mass is 16.5. The van der Waals surface area contributed by atoms with Crippen LogP contribution in [0.4, 0.5) is 0 Å². The number of hydrogen-bond acceptors (Lipinski definition) is 4. The Labute approximate surface area is 92.3 Å². The summed E-state index contributed by atoms with van der Waals surface area (Å²) in [4.78, 5) is 11.3. The van der Waals surface area contributed by atoms with Gasteiger partial charge in [-0.2, -0.15) is 0 Å². The summed E-state index contributed by atoms with van der Waals surface area (Å²) in [6.45, 7) is 3.25. The van der Waals surface area contributed by atoms with Gasteiger partial charge in [-0.15, -0.1) is 0 Å². The minimum Gasteiger partial charge on any atom is -0.465 e. The van der Waals surface area contributed by atoms with E-state index < -0.39 is 6.04 Å². The highest BCUT2D eigenvalue weighted by molar-refractivity contribution is 5.75. The van der Waals surface area contributed by atoms with Gasteiger partial charge in [0.2, 0.25) is 0 Å². The van der Waals surface area contributed by atoms with Gasteiger partial charge in [-0.3, -0.25) is 4.79 Å². The van der Waals surface area contributed by atoms with Crippen molar-refractivity contribution in [2.45, 2.75) is 51.5 Å². The Morgan fingerprint density at radius 3 is 2.60 bits per heavy atom. The first-order valence-corrected chi connectivity index (χ1v) is 5.84. The van der Waals surface area contributed by atoms with E-state index in [0.717, 1.165) is 32.1 Å². The standard InChI is InChI=1S/C11H24N2O2/c1-2-3-9-15-11(14)10(13)7-5-4-6-8-12/h10H,2-9,12-13H2,1H3.